The van der Waals surface area contributed by atoms with E-state index in [0.717, 1.165) is 23.0 Å². The van der Waals surface area contributed by atoms with Crippen molar-refractivity contribution in [1.82, 2.24) is 5.32 Å². The highest BCUT2D eigenvalue weighted by Crippen LogP contribution is 2.30. The average Bonchev–Trinajstić information content (AvgIpc) is 2.35. The van der Waals surface area contributed by atoms with Crippen molar-refractivity contribution in [3.63, 3.8) is 0 Å². The lowest BCUT2D eigenvalue weighted by Crippen LogP contribution is -2.34. The highest BCUT2D eigenvalue weighted by atomic mass is 79.9. The van der Waals surface area contributed by atoms with E-state index in [-0.39, 0.29) is 5.82 Å². The molecular weight excluding hydrogens is 293 g/mol. The second-order valence-electron chi connectivity index (χ2n) is 5.23. The number of rotatable bonds is 4. The zero-order valence-electron chi connectivity index (χ0n) is 10.9. The Balaban J connectivity index is 1.98. The summed E-state index contributed by atoms with van der Waals surface area (Å²) in [6, 6.07) is 5.65. The van der Waals surface area contributed by atoms with Gasteiger partial charge in [-0.2, -0.15) is 0 Å². The maximum absolute atomic E-state index is 13.3. The van der Waals surface area contributed by atoms with Crippen molar-refractivity contribution in [2.45, 2.75) is 45.1 Å². The Hall–Kier alpha value is -0.410. The van der Waals surface area contributed by atoms with E-state index in [1.54, 1.807) is 6.07 Å². The Kier molecular flexibility index (Phi) is 5.19. The average molecular weight is 314 g/mol. The smallest absolute Gasteiger partial charge is 0.123 e. The molecule has 0 saturated heterocycles. The molecule has 2 atom stereocenters. The first-order chi connectivity index (χ1) is 8.69. The molecule has 1 nitrogen and oxygen atoms in total. The van der Waals surface area contributed by atoms with Gasteiger partial charge >= 0.3 is 0 Å². The number of benzene rings is 1. The lowest BCUT2D eigenvalue weighted by atomic mass is 9.82. The molecule has 0 amide bonds. The van der Waals surface area contributed by atoms with Crippen molar-refractivity contribution in [2.75, 3.05) is 6.54 Å². The number of hydrogen-bond acceptors (Lipinski definition) is 1. The van der Waals surface area contributed by atoms with Crippen LogP contribution in [0.25, 0.3) is 0 Å². The molecule has 1 fully saturated rings. The van der Waals surface area contributed by atoms with Gasteiger partial charge in [-0.1, -0.05) is 35.7 Å². The minimum absolute atomic E-state index is 0.132. The zero-order valence-corrected chi connectivity index (χ0v) is 12.5. The molecule has 1 aliphatic rings. The maximum atomic E-state index is 13.3. The van der Waals surface area contributed by atoms with Gasteiger partial charge in [0.05, 0.1) is 0 Å². The van der Waals surface area contributed by atoms with Gasteiger partial charge in [0.2, 0.25) is 0 Å². The molecular formula is C15H21BrFN. The number of nitrogens with one attached hydrogen (secondary N) is 1. The topological polar surface area (TPSA) is 12.0 Å². The standard InChI is InChI=1S/C15H21BrFN/c1-2-18-14-5-3-4-11(9-14)8-12-10-13(17)6-7-15(12)16/h6-7,10-11,14,18H,2-5,8-9H2,1H3. The van der Waals surface area contributed by atoms with Crippen molar-refractivity contribution in [3.8, 4) is 0 Å². The largest absolute Gasteiger partial charge is 0.314 e. The second-order valence-corrected chi connectivity index (χ2v) is 6.08. The van der Waals surface area contributed by atoms with Crippen LogP contribution in [0, 0.1) is 11.7 Å². The van der Waals surface area contributed by atoms with E-state index in [4.69, 9.17) is 0 Å². The molecule has 0 radical (unpaired) electrons. The van der Waals surface area contributed by atoms with Crippen molar-refractivity contribution < 1.29 is 4.39 Å². The molecule has 0 aromatic heterocycles. The van der Waals surface area contributed by atoms with Crippen LogP contribution < -0.4 is 5.32 Å². The highest BCUT2D eigenvalue weighted by Gasteiger charge is 2.22. The molecule has 0 bridgehead atoms. The van der Waals surface area contributed by atoms with Gasteiger partial charge in [-0.15, -0.1) is 0 Å². The Morgan fingerprint density at radius 3 is 3.00 bits per heavy atom. The molecule has 2 unspecified atom stereocenters. The van der Waals surface area contributed by atoms with Crippen LogP contribution in [0.15, 0.2) is 22.7 Å². The second kappa shape index (κ2) is 6.67. The van der Waals surface area contributed by atoms with Gasteiger partial charge in [-0.25, -0.2) is 4.39 Å². The third-order valence-electron chi connectivity index (χ3n) is 3.79. The lowest BCUT2D eigenvalue weighted by molar-refractivity contribution is 0.286. The molecule has 100 valence electrons. The zero-order chi connectivity index (χ0) is 13.0. The summed E-state index contributed by atoms with van der Waals surface area (Å²) in [5.41, 5.74) is 1.11. The van der Waals surface area contributed by atoms with Crippen molar-refractivity contribution >= 4 is 15.9 Å². The number of hydrogen-bond donors (Lipinski definition) is 1. The summed E-state index contributed by atoms with van der Waals surface area (Å²) in [7, 11) is 0. The first-order valence-electron chi connectivity index (χ1n) is 6.86. The van der Waals surface area contributed by atoms with Gasteiger partial charge in [0.25, 0.3) is 0 Å². The molecule has 0 heterocycles. The Morgan fingerprint density at radius 2 is 2.22 bits per heavy atom. The lowest BCUT2D eigenvalue weighted by Gasteiger charge is -2.30. The summed E-state index contributed by atoms with van der Waals surface area (Å²) in [4.78, 5) is 0. The molecule has 18 heavy (non-hydrogen) atoms. The molecule has 1 aromatic rings. The van der Waals surface area contributed by atoms with Crippen LogP contribution in [-0.2, 0) is 6.42 Å². The minimum atomic E-state index is -0.132. The van der Waals surface area contributed by atoms with E-state index in [1.807, 2.05) is 6.07 Å². The minimum Gasteiger partial charge on any atom is -0.314 e. The molecule has 3 heteroatoms. The van der Waals surface area contributed by atoms with Crippen molar-refractivity contribution in [3.05, 3.63) is 34.1 Å². The molecule has 0 aliphatic heterocycles. The van der Waals surface area contributed by atoms with Crippen LogP contribution >= 0.6 is 15.9 Å². The van der Waals surface area contributed by atoms with Crippen LogP contribution in [0.5, 0.6) is 0 Å². The third-order valence-corrected chi connectivity index (χ3v) is 4.57. The third kappa shape index (κ3) is 3.79. The van der Waals surface area contributed by atoms with Gasteiger partial charge in [0, 0.05) is 10.5 Å². The normalized spacial score (nSPS) is 24.2. The fraction of sp³-hybridized carbons (Fsp3) is 0.600. The number of halogens is 2. The van der Waals surface area contributed by atoms with Gasteiger partial charge in [0.15, 0.2) is 0 Å². The fourth-order valence-electron chi connectivity index (χ4n) is 2.96. The molecule has 2 rings (SSSR count). The first kappa shape index (κ1) is 14.0. The molecule has 1 aromatic carbocycles. The van der Waals surface area contributed by atoms with Gasteiger partial charge in [-0.3, -0.25) is 0 Å². The fourth-order valence-corrected chi connectivity index (χ4v) is 3.37. The van der Waals surface area contributed by atoms with E-state index in [2.05, 4.69) is 28.2 Å². The van der Waals surface area contributed by atoms with Crippen LogP contribution in [0.1, 0.15) is 38.2 Å². The SMILES string of the molecule is CCNC1CCCC(Cc2cc(F)ccc2Br)C1. The summed E-state index contributed by atoms with van der Waals surface area (Å²) >= 11 is 3.52. The maximum Gasteiger partial charge on any atom is 0.123 e. The monoisotopic (exact) mass is 313 g/mol. The molecule has 1 N–H and O–H groups in total. The van der Waals surface area contributed by atoms with E-state index >= 15 is 0 Å². The molecule has 1 saturated carbocycles. The Labute approximate surface area is 117 Å². The summed E-state index contributed by atoms with van der Waals surface area (Å²) in [5.74, 6) is 0.549. The van der Waals surface area contributed by atoms with Crippen LogP contribution in [0.4, 0.5) is 4.39 Å². The molecule has 1 aliphatic carbocycles. The van der Waals surface area contributed by atoms with E-state index in [1.165, 1.54) is 31.7 Å². The first-order valence-corrected chi connectivity index (χ1v) is 7.65. The Morgan fingerprint density at radius 1 is 1.39 bits per heavy atom. The van der Waals surface area contributed by atoms with E-state index < -0.39 is 0 Å². The van der Waals surface area contributed by atoms with Crippen LogP contribution in [0.2, 0.25) is 0 Å². The molecule has 0 spiro atoms. The van der Waals surface area contributed by atoms with Gasteiger partial charge < -0.3 is 5.32 Å². The van der Waals surface area contributed by atoms with Crippen LogP contribution in [0.3, 0.4) is 0 Å². The van der Waals surface area contributed by atoms with Gasteiger partial charge in [0.1, 0.15) is 5.82 Å². The van der Waals surface area contributed by atoms with Crippen molar-refractivity contribution in [1.29, 1.82) is 0 Å². The summed E-state index contributed by atoms with van der Waals surface area (Å²) in [6.45, 7) is 3.20. The van der Waals surface area contributed by atoms with E-state index in [0.29, 0.717) is 12.0 Å². The predicted octanol–water partition coefficient (Wildman–Crippen LogP) is 4.30. The van der Waals surface area contributed by atoms with E-state index in [9.17, 15) is 4.39 Å². The van der Waals surface area contributed by atoms with Crippen molar-refractivity contribution in [2.24, 2.45) is 5.92 Å². The Bertz CT molecular complexity index is 392. The van der Waals surface area contributed by atoms with Gasteiger partial charge in [-0.05, 0) is 55.5 Å². The summed E-state index contributed by atoms with van der Waals surface area (Å²) in [5, 5.41) is 3.54. The predicted molar refractivity (Wildman–Crippen MR) is 77.2 cm³/mol. The highest BCUT2D eigenvalue weighted by molar-refractivity contribution is 9.10. The summed E-state index contributed by atoms with van der Waals surface area (Å²) in [6.07, 6.45) is 6.05. The quantitative estimate of drug-likeness (QED) is 0.874. The summed E-state index contributed by atoms with van der Waals surface area (Å²) < 4.78 is 14.3. The van der Waals surface area contributed by atoms with Crippen LogP contribution in [-0.4, -0.2) is 12.6 Å².